The van der Waals surface area contributed by atoms with Crippen LogP contribution in [0.2, 0.25) is 5.02 Å². The summed E-state index contributed by atoms with van der Waals surface area (Å²) in [6, 6.07) is 5.14. The molecule has 2 amide bonds. The molecule has 20 heavy (non-hydrogen) atoms. The van der Waals surface area contributed by atoms with Gasteiger partial charge in [-0.2, -0.15) is 0 Å². The molecular formula is C14H18ClN3O2. The third-order valence-corrected chi connectivity index (χ3v) is 3.55. The number of amides is 2. The minimum Gasteiger partial charge on any atom is -0.343 e. The van der Waals surface area contributed by atoms with E-state index in [1.807, 2.05) is 6.92 Å². The molecule has 108 valence electrons. The van der Waals surface area contributed by atoms with Crippen LogP contribution in [-0.4, -0.2) is 49.4 Å². The Hall–Kier alpha value is -1.59. The van der Waals surface area contributed by atoms with Gasteiger partial charge in [-0.05, 0) is 24.6 Å². The van der Waals surface area contributed by atoms with Crippen molar-refractivity contribution in [1.82, 2.24) is 15.5 Å². The van der Waals surface area contributed by atoms with E-state index in [0.717, 1.165) is 18.7 Å². The number of aryl methyl sites for hydroxylation is 1. The second-order valence-corrected chi connectivity index (χ2v) is 5.21. The summed E-state index contributed by atoms with van der Waals surface area (Å²) in [4.78, 5) is 25.7. The summed E-state index contributed by atoms with van der Waals surface area (Å²) >= 11 is 5.88. The largest absolute Gasteiger partial charge is 0.343 e. The Kier molecular flexibility index (Phi) is 4.98. The molecule has 0 saturated carbocycles. The third kappa shape index (κ3) is 3.71. The van der Waals surface area contributed by atoms with Crippen molar-refractivity contribution in [3.05, 3.63) is 34.3 Å². The van der Waals surface area contributed by atoms with E-state index >= 15 is 0 Å². The predicted molar refractivity (Wildman–Crippen MR) is 78.0 cm³/mol. The van der Waals surface area contributed by atoms with Gasteiger partial charge in [0.25, 0.3) is 5.91 Å². The first kappa shape index (κ1) is 14.8. The van der Waals surface area contributed by atoms with Crippen molar-refractivity contribution in [3.8, 4) is 0 Å². The summed E-state index contributed by atoms with van der Waals surface area (Å²) in [5.41, 5.74) is 1.34. The van der Waals surface area contributed by atoms with Crippen molar-refractivity contribution in [2.45, 2.75) is 6.92 Å². The lowest BCUT2D eigenvalue weighted by Gasteiger charge is -2.27. The molecule has 1 heterocycles. The quantitative estimate of drug-likeness (QED) is 0.867. The zero-order chi connectivity index (χ0) is 14.5. The first-order valence-corrected chi connectivity index (χ1v) is 6.98. The summed E-state index contributed by atoms with van der Waals surface area (Å²) in [6.07, 6.45) is 0. The normalized spacial score (nSPS) is 15.0. The van der Waals surface area contributed by atoms with Gasteiger partial charge in [-0.3, -0.25) is 9.59 Å². The molecule has 0 spiro atoms. The fraction of sp³-hybridized carbons (Fsp3) is 0.429. The van der Waals surface area contributed by atoms with Gasteiger partial charge in [0.1, 0.15) is 0 Å². The Morgan fingerprint density at radius 1 is 1.35 bits per heavy atom. The number of carbonyl (C=O) groups excluding carboxylic acids is 2. The van der Waals surface area contributed by atoms with E-state index in [0.29, 0.717) is 23.7 Å². The SMILES string of the molecule is Cc1ccc(Cl)cc1C(=O)NCC(=O)N1CCNCC1. The maximum Gasteiger partial charge on any atom is 0.252 e. The smallest absolute Gasteiger partial charge is 0.252 e. The van der Waals surface area contributed by atoms with Crippen LogP contribution >= 0.6 is 11.6 Å². The molecule has 1 aliphatic rings. The number of benzene rings is 1. The number of nitrogens with zero attached hydrogens (tertiary/aromatic N) is 1. The summed E-state index contributed by atoms with van der Waals surface area (Å²) in [6.45, 7) is 4.82. The molecule has 0 aliphatic carbocycles. The number of hydrogen-bond acceptors (Lipinski definition) is 3. The fourth-order valence-corrected chi connectivity index (χ4v) is 2.29. The van der Waals surface area contributed by atoms with Gasteiger partial charge in [-0.15, -0.1) is 0 Å². The zero-order valence-electron chi connectivity index (χ0n) is 11.4. The van der Waals surface area contributed by atoms with Crippen LogP contribution in [-0.2, 0) is 4.79 Å². The first-order chi connectivity index (χ1) is 9.58. The Bertz CT molecular complexity index is 513. The van der Waals surface area contributed by atoms with Crippen LogP contribution in [0.25, 0.3) is 0 Å². The van der Waals surface area contributed by atoms with Gasteiger partial charge in [0.15, 0.2) is 0 Å². The number of halogens is 1. The van der Waals surface area contributed by atoms with Crippen LogP contribution < -0.4 is 10.6 Å². The Morgan fingerprint density at radius 3 is 2.75 bits per heavy atom. The van der Waals surface area contributed by atoms with Crippen LogP contribution in [0.1, 0.15) is 15.9 Å². The van der Waals surface area contributed by atoms with Crippen molar-refractivity contribution in [2.24, 2.45) is 0 Å². The summed E-state index contributed by atoms with van der Waals surface area (Å²) in [5.74, 6) is -0.326. The van der Waals surface area contributed by atoms with Gasteiger partial charge in [0.05, 0.1) is 6.54 Å². The molecule has 1 aliphatic heterocycles. The number of nitrogens with one attached hydrogen (secondary N) is 2. The molecular weight excluding hydrogens is 278 g/mol. The molecule has 2 N–H and O–H groups in total. The van der Waals surface area contributed by atoms with E-state index in [2.05, 4.69) is 10.6 Å². The highest BCUT2D eigenvalue weighted by atomic mass is 35.5. The zero-order valence-corrected chi connectivity index (χ0v) is 12.2. The van der Waals surface area contributed by atoms with Crippen molar-refractivity contribution in [1.29, 1.82) is 0 Å². The molecule has 0 bridgehead atoms. The van der Waals surface area contributed by atoms with Gasteiger partial charge in [-0.1, -0.05) is 17.7 Å². The monoisotopic (exact) mass is 295 g/mol. The summed E-state index contributed by atoms with van der Waals surface area (Å²) in [5, 5.41) is 6.34. The molecule has 2 rings (SSSR count). The molecule has 0 atom stereocenters. The maximum atomic E-state index is 12.1. The van der Waals surface area contributed by atoms with Gasteiger partial charge in [0.2, 0.25) is 5.91 Å². The lowest BCUT2D eigenvalue weighted by atomic mass is 10.1. The van der Waals surface area contributed by atoms with Gasteiger partial charge in [-0.25, -0.2) is 0 Å². The molecule has 1 aromatic carbocycles. The highest BCUT2D eigenvalue weighted by Crippen LogP contribution is 2.15. The van der Waals surface area contributed by atoms with Crippen LogP contribution in [0.15, 0.2) is 18.2 Å². The predicted octanol–water partition coefficient (Wildman–Crippen LogP) is 0.810. The van der Waals surface area contributed by atoms with E-state index < -0.39 is 0 Å². The van der Waals surface area contributed by atoms with Crippen LogP contribution in [0.5, 0.6) is 0 Å². The molecule has 0 aromatic heterocycles. The number of piperazine rings is 1. The Balaban J connectivity index is 1.91. The van der Waals surface area contributed by atoms with Crippen molar-refractivity contribution < 1.29 is 9.59 Å². The molecule has 1 aromatic rings. The lowest BCUT2D eigenvalue weighted by Crippen LogP contribution is -2.49. The Morgan fingerprint density at radius 2 is 2.05 bits per heavy atom. The molecule has 1 fully saturated rings. The van der Waals surface area contributed by atoms with Crippen molar-refractivity contribution >= 4 is 23.4 Å². The van der Waals surface area contributed by atoms with E-state index in [9.17, 15) is 9.59 Å². The Labute approximate surface area is 123 Å². The third-order valence-electron chi connectivity index (χ3n) is 3.31. The van der Waals surface area contributed by atoms with Crippen LogP contribution in [0, 0.1) is 6.92 Å². The van der Waals surface area contributed by atoms with Gasteiger partial charge in [0, 0.05) is 36.8 Å². The molecule has 0 radical (unpaired) electrons. The van der Waals surface area contributed by atoms with E-state index in [1.54, 1.807) is 23.1 Å². The fourth-order valence-electron chi connectivity index (χ4n) is 2.12. The van der Waals surface area contributed by atoms with Crippen molar-refractivity contribution in [2.75, 3.05) is 32.7 Å². The minimum absolute atomic E-state index is 0.0186. The second-order valence-electron chi connectivity index (χ2n) is 4.77. The molecule has 5 nitrogen and oxygen atoms in total. The molecule has 1 saturated heterocycles. The molecule has 6 heteroatoms. The minimum atomic E-state index is -0.270. The topological polar surface area (TPSA) is 61.4 Å². The highest BCUT2D eigenvalue weighted by molar-refractivity contribution is 6.31. The number of hydrogen-bond donors (Lipinski definition) is 2. The first-order valence-electron chi connectivity index (χ1n) is 6.61. The van der Waals surface area contributed by atoms with E-state index in [1.165, 1.54) is 0 Å². The average Bonchev–Trinajstić information content (AvgIpc) is 2.47. The summed E-state index contributed by atoms with van der Waals surface area (Å²) < 4.78 is 0. The maximum absolute atomic E-state index is 12.1. The van der Waals surface area contributed by atoms with E-state index in [-0.39, 0.29) is 18.4 Å². The standard InChI is InChI=1S/C14H18ClN3O2/c1-10-2-3-11(15)8-12(10)14(20)17-9-13(19)18-6-4-16-5-7-18/h2-3,8,16H,4-7,9H2,1H3,(H,17,20). The van der Waals surface area contributed by atoms with Gasteiger partial charge < -0.3 is 15.5 Å². The van der Waals surface area contributed by atoms with Crippen molar-refractivity contribution in [3.63, 3.8) is 0 Å². The van der Waals surface area contributed by atoms with Crippen LogP contribution in [0.3, 0.4) is 0 Å². The highest BCUT2D eigenvalue weighted by Gasteiger charge is 2.17. The lowest BCUT2D eigenvalue weighted by molar-refractivity contribution is -0.130. The summed E-state index contributed by atoms with van der Waals surface area (Å²) in [7, 11) is 0. The number of rotatable bonds is 3. The van der Waals surface area contributed by atoms with E-state index in [4.69, 9.17) is 11.6 Å². The number of carbonyl (C=O) groups is 2. The average molecular weight is 296 g/mol. The van der Waals surface area contributed by atoms with Gasteiger partial charge >= 0.3 is 0 Å². The van der Waals surface area contributed by atoms with Crippen LogP contribution in [0.4, 0.5) is 0 Å². The molecule has 0 unspecified atom stereocenters. The second kappa shape index (κ2) is 6.72.